The first kappa shape index (κ1) is 18.1. The second kappa shape index (κ2) is 7.78. The number of rotatable bonds is 4. The van der Waals surface area contributed by atoms with Crippen LogP contribution in [0.1, 0.15) is 16.1 Å². The average molecular weight is 436 g/mol. The average Bonchev–Trinajstić information content (AvgIpc) is 3.10. The van der Waals surface area contributed by atoms with Crippen LogP contribution in [0.15, 0.2) is 82.4 Å². The van der Waals surface area contributed by atoms with Crippen molar-refractivity contribution in [2.75, 3.05) is 0 Å². The summed E-state index contributed by atoms with van der Waals surface area (Å²) in [4.78, 5) is 15.9. The maximum absolute atomic E-state index is 13.9. The van der Waals surface area contributed by atoms with Crippen molar-refractivity contribution in [1.29, 1.82) is 0 Å². The van der Waals surface area contributed by atoms with Gasteiger partial charge in [-0.15, -0.1) is 0 Å². The second-order valence-corrected chi connectivity index (χ2v) is 7.07. The van der Waals surface area contributed by atoms with Crippen molar-refractivity contribution in [2.45, 2.75) is 0 Å². The Balaban J connectivity index is 1.67. The Hall–Kier alpha value is -3.25. The highest BCUT2D eigenvalue weighted by Crippen LogP contribution is 2.32. The van der Waals surface area contributed by atoms with Crippen LogP contribution in [-0.2, 0) is 0 Å². The number of para-hydroxylation sites is 1. The molecule has 3 aromatic carbocycles. The summed E-state index contributed by atoms with van der Waals surface area (Å²) in [5.74, 6) is -0.827. The monoisotopic (exact) mass is 435 g/mol. The van der Waals surface area contributed by atoms with Crippen molar-refractivity contribution in [3.8, 4) is 11.1 Å². The first-order valence-corrected chi connectivity index (χ1v) is 9.37. The van der Waals surface area contributed by atoms with E-state index in [-0.39, 0.29) is 5.56 Å². The Labute approximate surface area is 169 Å². The van der Waals surface area contributed by atoms with E-state index in [9.17, 15) is 9.18 Å². The number of halogens is 2. The van der Waals surface area contributed by atoms with Crippen LogP contribution in [0.3, 0.4) is 0 Å². The van der Waals surface area contributed by atoms with Crippen molar-refractivity contribution >= 4 is 39.0 Å². The van der Waals surface area contributed by atoms with E-state index in [1.807, 2.05) is 54.6 Å². The molecule has 2 N–H and O–H groups in total. The summed E-state index contributed by atoms with van der Waals surface area (Å²) in [5.41, 5.74) is 5.75. The van der Waals surface area contributed by atoms with Crippen LogP contribution >= 0.6 is 15.9 Å². The lowest BCUT2D eigenvalue weighted by Gasteiger charge is -2.04. The third-order valence-corrected chi connectivity index (χ3v) is 4.82. The van der Waals surface area contributed by atoms with E-state index in [4.69, 9.17) is 0 Å². The molecule has 1 heterocycles. The van der Waals surface area contributed by atoms with Gasteiger partial charge in [-0.2, -0.15) is 5.10 Å². The molecule has 0 atom stereocenters. The predicted molar refractivity (Wildman–Crippen MR) is 113 cm³/mol. The summed E-state index contributed by atoms with van der Waals surface area (Å²) < 4.78 is 14.5. The number of carbonyl (C=O) groups is 1. The fourth-order valence-corrected chi connectivity index (χ4v) is 3.37. The maximum atomic E-state index is 13.9. The van der Waals surface area contributed by atoms with Gasteiger partial charge in [0.05, 0.1) is 6.21 Å². The van der Waals surface area contributed by atoms with Crippen molar-refractivity contribution in [1.82, 2.24) is 10.4 Å². The molecule has 0 saturated heterocycles. The smallest absolute Gasteiger partial charge is 0.288 e. The number of nitrogens with zero attached hydrogens (tertiary/aromatic N) is 1. The minimum atomic E-state index is -0.428. The summed E-state index contributed by atoms with van der Waals surface area (Å²) in [6, 6.07) is 22.0. The van der Waals surface area contributed by atoms with Gasteiger partial charge in [0.1, 0.15) is 11.5 Å². The second-order valence-electron chi connectivity index (χ2n) is 6.15. The Morgan fingerprint density at radius 3 is 2.57 bits per heavy atom. The highest BCUT2D eigenvalue weighted by Gasteiger charge is 2.18. The third kappa shape index (κ3) is 3.59. The van der Waals surface area contributed by atoms with Crippen LogP contribution < -0.4 is 5.43 Å². The third-order valence-electron chi connectivity index (χ3n) is 4.33. The van der Waals surface area contributed by atoms with Gasteiger partial charge in [-0.05, 0) is 29.8 Å². The fraction of sp³-hybridized carbons (Fsp3) is 0. The van der Waals surface area contributed by atoms with E-state index in [0.717, 1.165) is 22.0 Å². The van der Waals surface area contributed by atoms with E-state index in [1.165, 1.54) is 12.3 Å². The number of H-pyrrole nitrogens is 1. The molecule has 1 amide bonds. The lowest BCUT2D eigenvalue weighted by molar-refractivity contribution is 0.0951. The van der Waals surface area contributed by atoms with Crippen LogP contribution in [0.5, 0.6) is 0 Å². The van der Waals surface area contributed by atoms with Gasteiger partial charge in [-0.25, -0.2) is 9.82 Å². The molecule has 1 aromatic heterocycles. The number of carbonyl (C=O) groups excluding carboxylic acids is 1. The molecule has 0 aliphatic rings. The minimum Gasteiger partial charge on any atom is -0.350 e. The number of fused-ring (bicyclic) bond motifs is 1. The number of hydrogen-bond acceptors (Lipinski definition) is 2. The number of nitrogens with one attached hydrogen (secondary N) is 2. The molecular weight excluding hydrogens is 421 g/mol. The zero-order chi connectivity index (χ0) is 19.5. The molecule has 138 valence electrons. The topological polar surface area (TPSA) is 57.2 Å². The molecule has 0 aliphatic heterocycles. The van der Waals surface area contributed by atoms with Crippen molar-refractivity contribution in [2.24, 2.45) is 5.10 Å². The van der Waals surface area contributed by atoms with E-state index < -0.39 is 11.7 Å². The van der Waals surface area contributed by atoms with Gasteiger partial charge in [0, 0.05) is 26.5 Å². The molecule has 28 heavy (non-hydrogen) atoms. The van der Waals surface area contributed by atoms with Gasteiger partial charge in [-0.1, -0.05) is 64.5 Å². The summed E-state index contributed by atoms with van der Waals surface area (Å²) in [6.45, 7) is 0. The molecule has 6 heteroatoms. The van der Waals surface area contributed by atoms with Gasteiger partial charge in [0.15, 0.2) is 0 Å². The summed E-state index contributed by atoms with van der Waals surface area (Å²) in [7, 11) is 0. The Morgan fingerprint density at radius 1 is 1.04 bits per heavy atom. The Bertz CT molecular complexity index is 1190. The van der Waals surface area contributed by atoms with Gasteiger partial charge >= 0.3 is 0 Å². The highest BCUT2D eigenvalue weighted by atomic mass is 79.9. The molecule has 0 fully saturated rings. The Morgan fingerprint density at radius 2 is 1.79 bits per heavy atom. The van der Waals surface area contributed by atoms with Crippen molar-refractivity contribution in [3.05, 3.63) is 94.3 Å². The number of amides is 1. The molecule has 0 saturated carbocycles. The SMILES string of the molecule is O=C(N/N=C/c1ccc(Br)cc1F)c1[nH]c2ccccc2c1-c1ccccc1. The van der Waals surface area contributed by atoms with E-state index in [2.05, 4.69) is 31.4 Å². The van der Waals surface area contributed by atoms with Crippen molar-refractivity contribution in [3.63, 3.8) is 0 Å². The van der Waals surface area contributed by atoms with Gasteiger partial charge in [0.2, 0.25) is 0 Å². The molecule has 4 aromatic rings. The summed E-state index contributed by atoms with van der Waals surface area (Å²) in [6.07, 6.45) is 1.28. The molecule has 0 spiro atoms. The molecule has 4 rings (SSSR count). The largest absolute Gasteiger partial charge is 0.350 e. The number of hydrazone groups is 1. The molecule has 0 unspecified atom stereocenters. The molecule has 0 radical (unpaired) electrons. The van der Waals surface area contributed by atoms with E-state index >= 15 is 0 Å². The van der Waals surface area contributed by atoms with E-state index in [1.54, 1.807) is 12.1 Å². The maximum Gasteiger partial charge on any atom is 0.288 e. The standard InChI is InChI=1S/C22H15BrFN3O/c23-16-11-10-15(18(24)12-16)13-25-27-22(28)21-20(14-6-2-1-3-7-14)17-8-4-5-9-19(17)26-21/h1-13,26H,(H,27,28)/b25-13+. The normalized spacial score (nSPS) is 11.2. The van der Waals surface area contributed by atoms with E-state index in [0.29, 0.717) is 10.2 Å². The first-order chi connectivity index (χ1) is 13.6. The minimum absolute atomic E-state index is 0.281. The zero-order valence-electron chi connectivity index (χ0n) is 14.6. The number of aromatic amines is 1. The first-order valence-electron chi connectivity index (χ1n) is 8.58. The zero-order valence-corrected chi connectivity index (χ0v) is 16.2. The molecule has 4 nitrogen and oxygen atoms in total. The van der Waals surface area contributed by atoms with Crippen LogP contribution in [0, 0.1) is 5.82 Å². The molecule has 0 bridgehead atoms. The summed E-state index contributed by atoms with van der Waals surface area (Å²) >= 11 is 3.21. The van der Waals surface area contributed by atoms with Crippen LogP contribution in [0.2, 0.25) is 0 Å². The van der Waals surface area contributed by atoms with Gasteiger partial charge in [0.25, 0.3) is 5.91 Å². The van der Waals surface area contributed by atoms with Gasteiger partial charge < -0.3 is 4.98 Å². The number of hydrogen-bond donors (Lipinski definition) is 2. The quantitative estimate of drug-likeness (QED) is 0.322. The number of aromatic nitrogens is 1. The summed E-state index contributed by atoms with van der Waals surface area (Å²) in [5, 5.41) is 4.86. The van der Waals surface area contributed by atoms with Crippen LogP contribution in [-0.4, -0.2) is 17.1 Å². The highest BCUT2D eigenvalue weighted by molar-refractivity contribution is 9.10. The Kier molecular flexibility index (Phi) is 5.04. The fourth-order valence-electron chi connectivity index (χ4n) is 3.04. The van der Waals surface area contributed by atoms with Crippen LogP contribution in [0.4, 0.5) is 4.39 Å². The molecular formula is C22H15BrFN3O. The predicted octanol–water partition coefficient (Wildman–Crippen LogP) is 5.50. The van der Waals surface area contributed by atoms with Gasteiger partial charge in [-0.3, -0.25) is 4.79 Å². The van der Waals surface area contributed by atoms with Crippen LogP contribution in [0.25, 0.3) is 22.0 Å². The molecule has 0 aliphatic carbocycles. The lowest BCUT2D eigenvalue weighted by Crippen LogP contribution is -2.19. The lowest BCUT2D eigenvalue weighted by atomic mass is 10.0. The van der Waals surface area contributed by atoms with Crippen molar-refractivity contribution < 1.29 is 9.18 Å². The number of benzene rings is 3.